The van der Waals surface area contributed by atoms with E-state index in [0.717, 1.165) is 0 Å². The van der Waals surface area contributed by atoms with Crippen LogP contribution in [0.4, 0.5) is 5.69 Å². The molecule has 1 aliphatic rings. The van der Waals surface area contributed by atoms with E-state index in [1.165, 1.54) is 9.89 Å². The number of para-hydroxylation sites is 1. The SMILES string of the molecule is CCOC(=O)/C(=C\Br)C1(O)C(=O)N(C)c2ccccc21. The van der Waals surface area contributed by atoms with Gasteiger partial charge in [0, 0.05) is 12.6 Å². The summed E-state index contributed by atoms with van der Waals surface area (Å²) in [6, 6.07) is 6.79. The van der Waals surface area contributed by atoms with Gasteiger partial charge in [0.1, 0.15) is 0 Å². The molecule has 0 saturated carbocycles. The van der Waals surface area contributed by atoms with Crippen LogP contribution in [0.2, 0.25) is 0 Å². The van der Waals surface area contributed by atoms with E-state index in [9.17, 15) is 14.7 Å². The molecule has 1 aromatic rings. The van der Waals surface area contributed by atoms with Gasteiger partial charge in [0.25, 0.3) is 5.91 Å². The molecule has 1 amide bonds. The van der Waals surface area contributed by atoms with Crippen molar-refractivity contribution in [2.45, 2.75) is 12.5 Å². The predicted molar refractivity (Wildman–Crippen MR) is 77.4 cm³/mol. The van der Waals surface area contributed by atoms with Crippen LogP contribution in [0.25, 0.3) is 0 Å². The molecule has 0 aromatic heterocycles. The van der Waals surface area contributed by atoms with Crippen molar-refractivity contribution in [1.29, 1.82) is 0 Å². The Labute approximate surface area is 125 Å². The molecule has 0 spiro atoms. The first-order chi connectivity index (χ1) is 9.48. The fourth-order valence-corrected chi connectivity index (χ4v) is 2.80. The van der Waals surface area contributed by atoms with Gasteiger partial charge >= 0.3 is 5.97 Å². The zero-order valence-electron chi connectivity index (χ0n) is 11.1. The van der Waals surface area contributed by atoms with Crippen LogP contribution >= 0.6 is 15.9 Å². The molecule has 0 saturated heterocycles. The number of likely N-dealkylation sites (N-methyl/N-ethyl adjacent to an activating group) is 1. The van der Waals surface area contributed by atoms with Crippen molar-refractivity contribution < 1.29 is 19.4 Å². The second-order valence-electron chi connectivity index (χ2n) is 4.33. The van der Waals surface area contributed by atoms with Crippen LogP contribution in [0.3, 0.4) is 0 Å². The minimum Gasteiger partial charge on any atom is -0.463 e. The Balaban J connectivity index is 2.59. The summed E-state index contributed by atoms with van der Waals surface area (Å²) in [5, 5.41) is 10.8. The molecule has 1 heterocycles. The Morgan fingerprint density at radius 1 is 1.50 bits per heavy atom. The first-order valence-corrected chi connectivity index (χ1v) is 6.98. The van der Waals surface area contributed by atoms with Crippen molar-refractivity contribution in [2.24, 2.45) is 0 Å². The zero-order chi connectivity index (χ0) is 14.9. The number of aliphatic hydroxyl groups is 1. The van der Waals surface area contributed by atoms with Crippen LogP contribution in [0.5, 0.6) is 0 Å². The van der Waals surface area contributed by atoms with Gasteiger partial charge in [0.15, 0.2) is 0 Å². The Hall–Kier alpha value is -1.66. The molecule has 20 heavy (non-hydrogen) atoms. The van der Waals surface area contributed by atoms with E-state index in [2.05, 4.69) is 15.9 Å². The molecule has 1 aromatic carbocycles. The number of benzene rings is 1. The number of hydrogen-bond acceptors (Lipinski definition) is 4. The van der Waals surface area contributed by atoms with Crippen LogP contribution in [0.1, 0.15) is 12.5 Å². The third-order valence-electron chi connectivity index (χ3n) is 3.26. The quantitative estimate of drug-likeness (QED) is 0.672. The Kier molecular flexibility index (Phi) is 3.96. The van der Waals surface area contributed by atoms with Gasteiger partial charge in [-0.05, 0) is 18.0 Å². The molecule has 0 fully saturated rings. The van der Waals surface area contributed by atoms with Crippen molar-refractivity contribution in [1.82, 2.24) is 0 Å². The lowest BCUT2D eigenvalue weighted by Gasteiger charge is -2.23. The van der Waals surface area contributed by atoms with Gasteiger partial charge in [-0.2, -0.15) is 0 Å². The topological polar surface area (TPSA) is 66.8 Å². The largest absolute Gasteiger partial charge is 0.463 e. The number of rotatable bonds is 3. The Bertz CT molecular complexity index is 599. The Morgan fingerprint density at radius 2 is 2.15 bits per heavy atom. The normalized spacial score (nSPS) is 21.9. The molecule has 1 aliphatic heterocycles. The number of carbonyl (C=O) groups is 2. The summed E-state index contributed by atoms with van der Waals surface area (Å²) < 4.78 is 4.90. The summed E-state index contributed by atoms with van der Waals surface area (Å²) in [7, 11) is 1.55. The van der Waals surface area contributed by atoms with Crippen LogP contribution in [-0.2, 0) is 19.9 Å². The standard InChI is InChI=1S/C14H14BrNO4/c1-3-20-12(17)10(8-15)14(19)9-6-4-5-7-11(9)16(2)13(14)18/h4-8,19H,3H2,1-2H3/b10-8+. The molecule has 1 atom stereocenters. The lowest BCUT2D eigenvalue weighted by Crippen LogP contribution is -2.42. The van der Waals surface area contributed by atoms with Gasteiger partial charge in [-0.1, -0.05) is 34.1 Å². The maximum atomic E-state index is 12.4. The summed E-state index contributed by atoms with van der Waals surface area (Å²) in [6.07, 6.45) is 0. The minimum atomic E-state index is -2.03. The molecule has 0 radical (unpaired) electrons. The summed E-state index contributed by atoms with van der Waals surface area (Å²) in [5.74, 6) is -1.32. The molecular formula is C14H14BrNO4. The maximum absolute atomic E-state index is 12.4. The predicted octanol–water partition coefficient (Wildman–Crippen LogP) is 1.69. The fraction of sp³-hybridized carbons (Fsp3) is 0.286. The number of fused-ring (bicyclic) bond motifs is 1. The van der Waals surface area contributed by atoms with Crippen molar-refractivity contribution >= 4 is 33.5 Å². The highest BCUT2D eigenvalue weighted by Crippen LogP contribution is 2.44. The lowest BCUT2D eigenvalue weighted by molar-refractivity contribution is -0.145. The number of hydrogen-bond donors (Lipinski definition) is 1. The molecular weight excluding hydrogens is 326 g/mol. The highest BCUT2D eigenvalue weighted by atomic mass is 79.9. The minimum absolute atomic E-state index is 0.138. The van der Waals surface area contributed by atoms with Gasteiger partial charge in [-0.15, -0.1) is 0 Å². The van der Waals surface area contributed by atoms with Crippen molar-refractivity contribution in [3.63, 3.8) is 0 Å². The Morgan fingerprint density at radius 3 is 2.75 bits per heavy atom. The number of halogens is 1. The van der Waals surface area contributed by atoms with E-state index in [-0.39, 0.29) is 12.2 Å². The number of esters is 1. The first kappa shape index (κ1) is 14.7. The van der Waals surface area contributed by atoms with Crippen LogP contribution in [-0.4, -0.2) is 30.6 Å². The summed E-state index contributed by atoms with van der Waals surface area (Å²) in [4.78, 5) is 26.9. The van der Waals surface area contributed by atoms with Gasteiger partial charge in [-0.3, -0.25) is 4.79 Å². The van der Waals surface area contributed by atoms with E-state index < -0.39 is 17.5 Å². The maximum Gasteiger partial charge on any atom is 0.338 e. The van der Waals surface area contributed by atoms with Crippen molar-refractivity contribution in [2.75, 3.05) is 18.6 Å². The van der Waals surface area contributed by atoms with Crippen molar-refractivity contribution in [3.8, 4) is 0 Å². The third-order valence-corrected chi connectivity index (χ3v) is 3.72. The number of anilines is 1. The average molecular weight is 340 g/mol. The van der Waals surface area contributed by atoms with E-state index >= 15 is 0 Å². The van der Waals surface area contributed by atoms with Gasteiger partial charge < -0.3 is 14.7 Å². The van der Waals surface area contributed by atoms with Gasteiger partial charge in [0.2, 0.25) is 5.60 Å². The highest BCUT2D eigenvalue weighted by molar-refractivity contribution is 9.11. The summed E-state index contributed by atoms with van der Waals surface area (Å²) in [6.45, 7) is 1.81. The van der Waals surface area contributed by atoms with E-state index in [4.69, 9.17) is 4.74 Å². The summed E-state index contributed by atoms with van der Waals surface area (Å²) >= 11 is 3.04. The first-order valence-electron chi connectivity index (χ1n) is 6.06. The van der Waals surface area contributed by atoms with E-state index in [1.807, 2.05) is 0 Å². The third kappa shape index (κ3) is 1.96. The molecule has 1 N–H and O–H groups in total. The second-order valence-corrected chi connectivity index (χ2v) is 4.79. The lowest BCUT2D eigenvalue weighted by atomic mass is 9.88. The molecule has 6 heteroatoms. The van der Waals surface area contributed by atoms with E-state index in [1.54, 1.807) is 38.2 Å². The number of amides is 1. The summed E-state index contributed by atoms with van der Waals surface area (Å²) in [5.41, 5.74) is -1.23. The average Bonchev–Trinajstić information content (AvgIpc) is 2.64. The smallest absolute Gasteiger partial charge is 0.338 e. The monoisotopic (exact) mass is 339 g/mol. The van der Waals surface area contributed by atoms with Gasteiger partial charge in [0.05, 0.1) is 17.9 Å². The number of ether oxygens (including phenoxy) is 1. The molecule has 106 valence electrons. The van der Waals surface area contributed by atoms with Crippen LogP contribution < -0.4 is 4.90 Å². The fourth-order valence-electron chi connectivity index (χ4n) is 2.28. The van der Waals surface area contributed by atoms with Crippen LogP contribution in [0, 0.1) is 0 Å². The zero-order valence-corrected chi connectivity index (χ0v) is 12.7. The van der Waals surface area contributed by atoms with E-state index in [0.29, 0.717) is 11.3 Å². The second kappa shape index (κ2) is 5.38. The molecule has 0 aliphatic carbocycles. The molecule has 1 unspecified atom stereocenters. The van der Waals surface area contributed by atoms with Crippen molar-refractivity contribution in [3.05, 3.63) is 40.4 Å². The van der Waals surface area contributed by atoms with Gasteiger partial charge in [-0.25, -0.2) is 4.79 Å². The molecule has 2 rings (SSSR count). The van der Waals surface area contributed by atoms with Crippen LogP contribution in [0.15, 0.2) is 34.8 Å². The highest BCUT2D eigenvalue weighted by Gasteiger charge is 2.53. The number of carbonyl (C=O) groups excluding carboxylic acids is 2. The molecule has 5 nitrogen and oxygen atoms in total. The number of nitrogens with zero attached hydrogens (tertiary/aromatic N) is 1. The molecule has 0 bridgehead atoms.